The number of nitrogens with zero attached hydrogens (tertiary/aromatic N) is 1. The maximum absolute atomic E-state index is 11.8. The lowest BCUT2D eigenvalue weighted by Gasteiger charge is -2.26. The smallest absolute Gasteiger partial charge is 0.328 e. The van der Waals surface area contributed by atoms with Crippen molar-refractivity contribution in [3.05, 3.63) is 30.0 Å². The molecule has 0 aliphatic carbocycles. The number of nitrogens with one attached hydrogen (secondary N) is 2. The van der Waals surface area contributed by atoms with Crippen LogP contribution in [0, 0.1) is 0 Å². The summed E-state index contributed by atoms with van der Waals surface area (Å²) in [4.78, 5) is 38.3. The van der Waals surface area contributed by atoms with Gasteiger partial charge in [-0.3, -0.25) is 19.8 Å². The topological polar surface area (TPSA) is 82.3 Å². The van der Waals surface area contributed by atoms with Gasteiger partial charge >= 0.3 is 6.03 Å². The van der Waals surface area contributed by atoms with Crippen molar-refractivity contribution >= 4 is 34.8 Å². The first-order valence-corrected chi connectivity index (χ1v) is 5.87. The van der Waals surface area contributed by atoms with Crippen LogP contribution >= 0.6 is 0 Å². The molecule has 2 N–H and O–H groups in total. The number of aromatic nitrogens is 1. The molecule has 2 aromatic rings. The average molecular weight is 257 g/mol. The molecule has 6 heteroatoms. The molecule has 0 saturated carbocycles. The molecule has 0 radical (unpaired) electrons. The van der Waals surface area contributed by atoms with E-state index in [2.05, 4.69) is 10.3 Å². The summed E-state index contributed by atoms with van der Waals surface area (Å²) >= 11 is 0. The van der Waals surface area contributed by atoms with Crippen molar-refractivity contribution in [3.63, 3.8) is 0 Å². The SMILES string of the molecule is O=Cc1c[nH]c2ccc(N3CCC(=O)NC3=O)cc12. The number of imide groups is 1. The molecule has 0 unspecified atom stereocenters. The Labute approximate surface area is 108 Å². The van der Waals surface area contributed by atoms with Crippen LogP contribution in [0.5, 0.6) is 0 Å². The van der Waals surface area contributed by atoms with E-state index in [0.29, 0.717) is 17.8 Å². The van der Waals surface area contributed by atoms with Crippen molar-refractivity contribution < 1.29 is 14.4 Å². The van der Waals surface area contributed by atoms with Gasteiger partial charge < -0.3 is 4.98 Å². The van der Waals surface area contributed by atoms with E-state index in [1.165, 1.54) is 4.90 Å². The van der Waals surface area contributed by atoms with E-state index < -0.39 is 6.03 Å². The molecule has 0 spiro atoms. The van der Waals surface area contributed by atoms with Crippen LogP contribution in [0.3, 0.4) is 0 Å². The molecular weight excluding hydrogens is 246 g/mol. The molecule has 2 heterocycles. The molecule has 1 aliphatic heterocycles. The highest BCUT2D eigenvalue weighted by Gasteiger charge is 2.24. The van der Waals surface area contributed by atoms with Gasteiger partial charge in [0.25, 0.3) is 0 Å². The molecule has 1 aliphatic rings. The Morgan fingerprint density at radius 2 is 2.11 bits per heavy atom. The van der Waals surface area contributed by atoms with Crippen LogP contribution in [0.2, 0.25) is 0 Å². The summed E-state index contributed by atoms with van der Waals surface area (Å²) in [6.45, 7) is 0.344. The van der Waals surface area contributed by atoms with Crippen molar-refractivity contribution in [1.29, 1.82) is 0 Å². The first-order chi connectivity index (χ1) is 9.19. The molecule has 3 rings (SSSR count). The minimum absolute atomic E-state index is 0.266. The number of benzene rings is 1. The van der Waals surface area contributed by atoms with E-state index >= 15 is 0 Å². The molecule has 19 heavy (non-hydrogen) atoms. The summed E-state index contributed by atoms with van der Waals surface area (Å²) in [5, 5.41) is 3.03. The lowest BCUT2D eigenvalue weighted by molar-refractivity contribution is -0.120. The Morgan fingerprint density at radius 1 is 1.26 bits per heavy atom. The predicted molar refractivity (Wildman–Crippen MR) is 69.2 cm³/mol. The normalized spacial score (nSPS) is 15.7. The molecule has 1 aromatic carbocycles. The first-order valence-electron chi connectivity index (χ1n) is 5.87. The van der Waals surface area contributed by atoms with E-state index in [9.17, 15) is 14.4 Å². The number of fused-ring (bicyclic) bond motifs is 1. The summed E-state index contributed by atoms with van der Waals surface area (Å²) in [6.07, 6.45) is 2.67. The number of aromatic amines is 1. The van der Waals surface area contributed by atoms with Crippen molar-refractivity contribution in [2.24, 2.45) is 0 Å². The third-order valence-corrected chi connectivity index (χ3v) is 3.19. The van der Waals surface area contributed by atoms with Crippen LogP contribution in [-0.2, 0) is 4.79 Å². The van der Waals surface area contributed by atoms with Gasteiger partial charge in [0.1, 0.15) is 0 Å². The van der Waals surface area contributed by atoms with Crippen LogP contribution in [0.1, 0.15) is 16.8 Å². The van der Waals surface area contributed by atoms with Gasteiger partial charge in [0.05, 0.1) is 0 Å². The van der Waals surface area contributed by atoms with E-state index in [1.807, 2.05) is 0 Å². The highest BCUT2D eigenvalue weighted by molar-refractivity contribution is 6.07. The van der Waals surface area contributed by atoms with Gasteiger partial charge in [-0.2, -0.15) is 0 Å². The summed E-state index contributed by atoms with van der Waals surface area (Å²) in [6, 6.07) is 4.92. The Hall–Kier alpha value is -2.63. The molecule has 3 amide bonds. The monoisotopic (exact) mass is 257 g/mol. The summed E-state index contributed by atoms with van der Waals surface area (Å²) in [5.41, 5.74) is 2.05. The van der Waals surface area contributed by atoms with E-state index in [4.69, 9.17) is 0 Å². The lowest BCUT2D eigenvalue weighted by Crippen LogP contribution is -2.49. The Morgan fingerprint density at radius 3 is 2.84 bits per heavy atom. The standard InChI is InChI=1S/C13H11N3O3/c17-7-8-6-14-11-2-1-9(5-10(8)11)16-4-3-12(18)15-13(16)19/h1-2,5-7,14H,3-4H2,(H,15,18,19). The Kier molecular flexibility index (Phi) is 2.56. The quantitative estimate of drug-likeness (QED) is 0.798. The fourth-order valence-corrected chi connectivity index (χ4v) is 2.21. The molecular formula is C13H11N3O3. The lowest BCUT2D eigenvalue weighted by atomic mass is 10.1. The number of anilines is 1. The summed E-state index contributed by atoms with van der Waals surface area (Å²) in [7, 11) is 0. The second kappa shape index (κ2) is 4.24. The molecule has 1 saturated heterocycles. The van der Waals surface area contributed by atoms with Gasteiger partial charge in [-0.05, 0) is 18.2 Å². The molecule has 1 fully saturated rings. The largest absolute Gasteiger partial charge is 0.360 e. The Balaban J connectivity index is 2.03. The zero-order chi connectivity index (χ0) is 13.4. The number of carbonyl (C=O) groups excluding carboxylic acids is 3. The predicted octanol–water partition coefficient (Wildman–Crippen LogP) is 1.43. The number of aldehydes is 1. The highest BCUT2D eigenvalue weighted by Crippen LogP contribution is 2.25. The molecule has 0 bridgehead atoms. The Bertz CT molecular complexity index is 689. The number of hydrogen-bond acceptors (Lipinski definition) is 3. The van der Waals surface area contributed by atoms with Crippen molar-refractivity contribution in [1.82, 2.24) is 10.3 Å². The molecule has 6 nitrogen and oxygen atoms in total. The van der Waals surface area contributed by atoms with Crippen molar-refractivity contribution in [3.8, 4) is 0 Å². The minimum Gasteiger partial charge on any atom is -0.360 e. The average Bonchev–Trinajstić information content (AvgIpc) is 2.80. The van der Waals surface area contributed by atoms with E-state index in [1.54, 1.807) is 24.4 Å². The fourth-order valence-electron chi connectivity index (χ4n) is 2.21. The molecule has 0 atom stereocenters. The number of urea groups is 1. The molecule has 1 aromatic heterocycles. The zero-order valence-corrected chi connectivity index (χ0v) is 9.97. The van der Waals surface area contributed by atoms with Crippen LogP contribution < -0.4 is 10.2 Å². The van der Waals surface area contributed by atoms with Crippen LogP contribution in [-0.4, -0.2) is 29.8 Å². The zero-order valence-electron chi connectivity index (χ0n) is 9.97. The second-order valence-corrected chi connectivity index (χ2v) is 4.35. The van der Waals surface area contributed by atoms with Gasteiger partial charge in [0.15, 0.2) is 6.29 Å². The summed E-state index contributed by atoms with van der Waals surface area (Å²) in [5.74, 6) is -0.266. The third-order valence-electron chi connectivity index (χ3n) is 3.19. The number of carbonyl (C=O) groups is 3. The molecule has 96 valence electrons. The number of hydrogen-bond donors (Lipinski definition) is 2. The van der Waals surface area contributed by atoms with Crippen LogP contribution in [0.4, 0.5) is 10.5 Å². The van der Waals surface area contributed by atoms with Gasteiger partial charge in [-0.25, -0.2) is 4.79 Å². The van der Waals surface area contributed by atoms with Gasteiger partial charge in [0.2, 0.25) is 5.91 Å². The van der Waals surface area contributed by atoms with Crippen LogP contribution in [0.15, 0.2) is 24.4 Å². The highest BCUT2D eigenvalue weighted by atomic mass is 16.2. The second-order valence-electron chi connectivity index (χ2n) is 4.35. The maximum Gasteiger partial charge on any atom is 0.328 e. The van der Waals surface area contributed by atoms with Gasteiger partial charge in [-0.1, -0.05) is 0 Å². The van der Waals surface area contributed by atoms with E-state index in [-0.39, 0.29) is 12.3 Å². The number of H-pyrrole nitrogens is 1. The first kappa shape index (κ1) is 11.5. The van der Waals surface area contributed by atoms with Gasteiger partial charge in [-0.15, -0.1) is 0 Å². The summed E-state index contributed by atoms with van der Waals surface area (Å²) < 4.78 is 0. The third kappa shape index (κ3) is 1.87. The van der Waals surface area contributed by atoms with Crippen molar-refractivity contribution in [2.75, 3.05) is 11.4 Å². The van der Waals surface area contributed by atoms with Crippen molar-refractivity contribution in [2.45, 2.75) is 6.42 Å². The maximum atomic E-state index is 11.8. The minimum atomic E-state index is -0.432. The number of amides is 3. The fraction of sp³-hybridized carbons (Fsp3) is 0.154. The number of rotatable bonds is 2. The van der Waals surface area contributed by atoms with E-state index in [0.717, 1.165) is 17.2 Å². The van der Waals surface area contributed by atoms with Gasteiger partial charge in [0, 0.05) is 41.3 Å². The van der Waals surface area contributed by atoms with Crippen LogP contribution in [0.25, 0.3) is 10.9 Å².